The molecule has 0 atom stereocenters. The number of nitrogens with zero attached hydrogens (tertiary/aromatic N) is 3. The van der Waals surface area contributed by atoms with Crippen molar-refractivity contribution in [2.45, 2.75) is 6.92 Å². The number of amides is 1. The second-order valence-electron chi connectivity index (χ2n) is 5.90. The smallest absolute Gasteiger partial charge is 0.262 e. The van der Waals surface area contributed by atoms with Crippen molar-refractivity contribution < 1.29 is 18.0 Å². The third kappa shape index (κ3) is 3.29. The Labute approximate surface area is 162 Å². The van der Waals surface area contributed by atoms with Crippen LogP contribution in [0.25, 0.3) is 22.2 Å². The van der Waals surface area contributed by atoms with Gasteiger partial charge in [0, 0.05) is 24.2 Å². The number of aromatic nitrogens is 3. The minimum absolute atomic E-state index is 0.122. The van der Waals surface area contributed by atoms with E-state index in [0.29, 0.717) is 33.1 Å². The summed E-state index contributed by atoms with van der Waals surface area (Å²) >= 11 is 6.32. The molecule has 1 aromatic carbocycles. The van der Waals surface area contributed by atoms with Gasteiger partial charge in [-0.3, -0.25) is 9.78 Å². The summed E-state index contributed by atoms with van der Waals surface area (Å²) in [6.07, 6.45) is 3.00. The van der Waals surface area contributed by atoms with Crippen LogP contribution in [0.3, 0.4) is 0 Å². The summed E-state index contributed by atoms with van der Waals surface area (Å²) in [5.41, 5.74) is 1.83. The standard InChI is InChI=1S/C19H11ClF2N4O2/c1-9-25-15-5-12(20)11(4-16(15)28-9)10-2-3-17(24-6-10)26-19(27)18-13(21)7-23-8-14(18)22/h2-8H,1H3,(H,24,26,27). The van der Waals surface area contributed by atoms with Gasteiger partial charge in [0.25, 0.3) is 5.91 Å². The van der Waals surface area contributed by atoms with Gasteiger partial charge >= 0.3 is 0 Å². The van der Waals surface area contributed by atoms with E-state index >= 15 is 0 Å². The predicted octanol–water partition coefficient (Wildman–Crippen LogP) is 4.78. The number of anilines is 1. The lowest BCUT2D eigenvalue weighted by molar-refractivity contribution is 0.101. The molecule has 0 bridgehead atoms. The second kappa shape index (κ2) is 6.97. The minimum Gasteiger partial charge on any atom is -0.441 e. The van der Waals surface area contributed by atoms with Crippen LogP contribution in [0, 0.1) is 18.6 Å². The molecular weight excluding hydrogens is 390 g/mol. The number of hydrogen-bond donors (Lipinski definition) is 1. The molecule has 6 nitrogen and oxygen atoms in total. The molecule has 4 aromatic rings. The molecule has 0 radical (unpaired) electrons. The maximum absolute atomic E-state index is 13.7. The van der Waals surface area contributed by atoms with E-state index in [-0.39, 0.29) is 5.82 Å². The van der Waals surface area contributed by atoms with Crippen LogP contribution in [0.4, 0.5) is 14.6 Å². The molecule has 4 rings (SSSR count). The van der Waals surface area contributed by atoms with Crippen LogP contribution in [0.15, 0.2) is 47.3 Å². The van der Waals surface area contributed by atoms with E-state index in [9.17, 15) is 13.6 Å². The van der Waals surface area contributed by atoms with E-state index in [1.54, 1.807) is 25.1 Å². The van der Waals surface area contributed by atoms with Crippen molar-refractivity contribution in [1.29, 1.82) is 0 Å². The molecule has 9 heteroatoms. The van der Waals surface area contributed by atoms with E-state index in [2.05, 4.69) is 20.3 Å². The van der Waals surface area contributed by atoms with Gasteiger partial charge < -0.3 is 9.73 Å². The van der Waals surface area contributed by atoms with Gasteiger partial charge in [0.15, 0.2) is 23.1 Å². The highest BCUT2D eigenvalue weighted by Gasteiger charge is 2.18. The molecule has 140 valence electrons. The fourth-order valence-electron chi connectivity index (χ4n) is 2.72. The summed E-state index contributed by atoms with van der Waals surface area (Å²) in [6.45, 7) is 1.74. The number of carbonyl (C=O) groups excluding carboxylic acids is 1. The van der Waals surface area contributed by atoms with Crippen molar-refractivity contribution in [3.05, 3.63) is 71.0 Å². The van der Waals surface area contributed by atoms with Crippen molar-refractivity contribution in [2.24, 2.45) is 0 Å². The zero-order chi connectivity index (χ0) is 19.8. The normalized spacial score (nSPS) is 11.0. The molecule has 1 N–H and O–H groups in total. The first kappa shape index (κ1) is 18.0. The molecular formula is C19H11ClF2N4O2. The molecule has 0 saturated carbocycles. The SMILES string of the molecule is Cc1nc2cc(Cl)c(-c3ccc(NC(=O)c4c(F)cncc4F)nc3)cc2o1. The molecule has 0 aliphatic carbocycles. The highest BCUT2D eigenvalue weighted by atomic mass is 35.5. The summed E-state index contributed by atoms with van der Waals surface area (Å²) in [7, 11) is 0. The number of hydrogen-bond acceptors (Lipinski definition) is 5. The molecule has 28 heavy (non-hydrogen) atoms. The van der Waals surface area contributed by atoms with Gasteiger partial charge in [-0.25, -0.2) is 18.7 Å². The fraction of sp³-hybridized carbons (Fsp3) is 0.0526. The van der Waals surface area contributed by atoms with Gasteiger partial charge in [0.2, 0.25) is 0 Å². The maximum Gasteiger partial charge on any atom is 0.262 e. The molecule has 0 unspecified atom stereocenters. The summed E-state index contributed by atoms with van der Waals surface area (Å²) in [5.74, 6) is -2.44. The van der Waals surface area contributed by atoms with E-state index in [0.717, 1.165) is 12.4 Å². The number of fused-ring (bicyclic) bond motifs is 1. The molecule has 0 spiro atoms. The third-order valence-corrected chi connectivity index (χ3v) is 4.29. The minimum atomic E-state index is -1.06. The maximum atomic E-state index is 13.7. The van der Waals surface area contributed by atoms with E-state index in [1.165, 1.54) is 12.3 Å². The Bertz CT molecular complexity index is 1190. The molecule has 3 heterocycles. The van der Waals surface area contributed by atoms with Gasteiger partial charge in [-0.05, 0) is 24.3 Å². The van der Waals surface area contributed by atoms with Crippen LogP contribution >= 0.6 is 11.6 Å². The van der Waals surface area contributed by atoms with Gasteiger partial charge in [-0.1, -0.05) is 11.6 Å². The summed E-state index contributed by atoms with van der Waals surface area (Å²) < 4.78 is 32.8. The average Bonchev–Trinajstić information content (AvgIpc) is 3.00. The van der Waals surface area contributed by atoms with Crippen molar-refractivity contribution in [3.63, 3.8) is 0 Å². The Kier molecular flexibility index (Phi) is 4.48. The van der Waals surface area contributed by atoms with Gasteiger partial charge in [0.1, 0.15) is 16.9 Å². The number of nitrogens with one attached hydrogen (secondary N) is 1. The Morgan fingerprint density at radius 2 is 1.89 bits per heavy atom. The number of rotatable bonds is 3. The average molecular weight is 401 g/mol. The van der Waals surface area contributed by atoms with Gasteiger partial charge in [-0.15, -0.1) is 0 Å². The van der Waals surface area contributed by atoms with Crippen molar-refractivity contribution in [1.82, 2.24) is 15.0 Å². The first-order valence-electron chi connectivity index (χ1n) is 8.06. The molecule has 0 saturated heterocycles. The third-order valence-electron chi connectivity index (χ3n) is 3.98. The van der Waals surface area contributed by atoms with Crippen LogP contribution in [0.2, 0.25) is 5.02 Å². The molecule has 0 aliphatic rings. The molecule has 3 aromatic heterocycles. The summed E-state index contributed by atoms with van der Waals surface area (Å²) in [4.78, 5) is 23.8. The lowest BCUT2D eigenvalue weighted by Crippen LogP contribution is -2.16. The van der Waals surface area contributed by atoms with Gasteiger partial charge in [-0.2, -0.15) is 0 Å². The largest absolute Gasteiger partial charge is 0.441 e. The summed E-state index contributed by atoms with van der Waals surface area (Å²) in [5, 5.41) is 2.81. The number of pyridine rings is 2. The van der Waals surface area contributed by atoms with Crippen LogP contribution in [0.5, 0.6) is 0 Å². The Balaban J connectivity index is 1.61. The second-order valence-corrected chi connectivity index (χ2v) is 6.30. The Hall–Kier alpha value is -3.39. The number of oxazole rings is 1. The quantitative estimate of drug-likeness (QED) is 0.535. The highest BCUT2D eigenvalue weighted by Crippen LogP contribution is 2.32. The molecule has 0 fully saturated rings. The van der Waals surface area contributed by atoms with E-state index in [4.69, 9.17) is 16.0 Å². The number of benzene rings is 1. The molecule has 1 amide bonds. The fourth-order valence-corrected chi connectivity index (χ4v) is 2.99. The van der Waals surface area contributed by atoms with Crippen LogP contribution in [-0.4, -0.2) is 20.9 Å². The van der Waals surface area contributed by atoms with Crippen molar-refractivity contribution in [2.75, 3.05) is 5.32 Å². The number of aryl methyl sites for hydroxylation is 1. The van der Waals surface area contributed by atoms with Crippen LogP contribution < -0.4 is 5.32 Å². The monoisotopic (exact) mass is 400 g/mol. The van der Waals surface area contributed by atoms with Crippen molar-refractivity contribution >= 4 is 34.4 Å². The first-order valence-corrected chi connectivity index (χ1v) is 8.43. The van der Waals surface area contributed by atoms with E-state index < -0.39 is 23.1 Å². The first-order chi connectivity index (χ1) is 13.4. The van der Waals surface area contributed by atoms with E-state index in [1.807, 2.05) is 0 Å². The van der Waals surface area contributed by atoms with Crippen LogP contribution in [-0.2, 0) is 0 Å². The van der Waals surface area contributed by atoms with Crippen molar-refractivity contribution in [3.8, 4) is 11.1 Å². The predicted molar refractivity (Wildman–Crippen MR) is 99.1 cm³/mol. The molecule has 0 aliphatic heterocycles. The lowest BCUT2D eigenvalue weighted by Gasteiger charge is -2.08. The number of carbonyl (C=O) groups is 1. The zero-order valence-corrected chi connectivity index (χ0v) is 15.1. The highest BCUT2D eigenvalue weighted by molar-refractivity contribution is 6.34. The van der Waals surface area contributed by atoms with Crippen LogP contribution in [0.1, 0.15) is 16.2 Å². The Morgan fingerprint density at radius 1 is 1.14 bits per heavy atom. The topological polar surface area (TPSA) is 80.9 Å². The summed E-state index contributed by atoms with van der Waals surface area (Å²) in [6, 6.07) is 6.59. The zero-order valence-electron chi connectivity index (χ0n) is 14.3. The Morgan fingerprint density at radius 3 is 2.57 bits per heavy atom. The lowest BCUT2D eigenvalue weighted by atomic mass is 10.1. The van der Waals surface area contributed by atoms with Gasteiger partial charge in [0.05, 0.1) is 17.4 Å². The number of halogens is 3.